The van der Waals surface area contributed by atoms with Crippen LogP contribution in [0.25, 0.3) is 67.3 Å². The lowest BCUT2D eigenvalue weighted by molar-refractivity contribution is 0.768. The van der Waals surface area contributed by atoms with E-state index < -0.39 is 5.41 Å². The maximum atomic E-state index is 5.45. The molecule has 2 nitrogen and oxygen atoms in total. The van der Waals surface area contributed by atoms with Crippen LogP contribution in [0.4, 0.5) is 0 Å². The zero-order valence-corrected chi connectivity index (χ0v) is 30.2. The molecule has 0 spiro atoms. The molecule has 1 aliphatic carbocycles. The minimum absolute atomic E-state index is 0.515. The second-order valence-electron chi connectivity index (χ2n) is 14.1. The van der Waals surface area contributed by atoms with Crippen molar-refractivity contribution in [3.05, 3.63) is 241 Å². The van der Waals surface area contributed by atoms with Gasteiger partial charge in [0, 0.05) is 16.7 Å². The summed E-state index contributed by atoms with van der Waals surface area (Å²) in [6.07, 6.45) is 0. The van der Waals surface area contributed by atoms with Gasteiger partial charge in [0.1, 0.15) is 0 Å². The lowest BCUT2D eigenvalue weighted by Crippen LogP contribution is -2.28. The standard InChI is InChI=1S/C53H36N2/c1-5-18-37(19-6-1)39-22-15-24-41(34-39)49-36-50(42-25-16-23-40(35-42)38-20-7-2-8-21-38)55-52(54-49)46-31-17-33-48-51(46)45-30-13-14-32-47(45)53(48,43-26-9-3-10-27-43)44-28-11-4-12-29-44/h1-36H. The van der Waals surface area contributed by atoms with Crippen molar-refractivity contribution in [1.82, 2.24) is 9.97 Å². The summed E-state index contributed by atoms with van der Waals surface area (Å²) in [4.78, 5) is 10.9. The zero-order chi connectivity index (χ0) is 36.6. The number of aromatic nitrogens is 2. The summed E-state index contributed by atoms with van der Waals surface area (Å²) in [5, 5.41) is 0. The normalized spacial score (nSPS) is 12.5. The molecule has 10 rings (SSSR count). The van der Waals surface area contributed by atoms with E-state index in [0.717, 1.165) is 39.2 Å². The van der Waals surface area contributed by atoms with Crippen LogP contribution in [-0.2, 0) is 5.41 Å². The maximum absolute atomic E-state index is 5.45. The summed E-state index contributed by atoms with van der Waals surface area (Å²) >= 11 is 0. The molecule has 0 saturated heterocycles. The Labute approximate surface area is 322 Å². The van der Waals surface area contributed by atoms with E-state index in [-0.39, 0.29) is 0 Å². The molecule has 0 atom stereocenters. The maximum Gasteiger partial charge on any atom is 0.161 e. The summed E-state index contributed by atoms with van der Waals surface area (Å²) in [5.74, 6) is 0.700. The third-order valence-electron chi connectivity index (χ3n) is 11.0. The minimum atomic E-state index is -0.515. The van der Waals surface area contributed by atoms with E-state index in [4.69, 9.17) is 9.97 Å². The second kappa shape index (κ2) is 13.7. The van der Waals surface area contributed by atoms with E-state index in [2.05, 4.69) is 218 Å². The van der Waals surface area contributed by atoms with Gasteiger partial charge >= 0.3 is 0 Å². The monoisotopic (exact) mass is 700 g/mol. The highest BCUT2D eigenvalue weighted by atomic mass is 14.9. The molecule has 9 aromatic rings. The van der Waals surface area contributed by atoms with Crippen LogP contribution < -0.4 is 0 Å². The van der Waals surface area contributed by atoms with Crippen molar-refractivity contribution in [3.8, 4) is 67.3 Å². The molecule has 1 heterocycles. The fourth-order valence-electron chi connectivity index (χ4n) is 8.52. The van der Waals surface area contributed by atoms with Crippen LogP contribution in [0.5, 0.6) is 0 Å². The third kappa shape index (κ3) is 5.59. The highest BCUT2D eigenvalue weighted by Crippen LogP contribution is 2.58. The average Bonchev–Trinajstić information content (AvgIpc) is 3.59. The van der Waals surface area contributed by atoms with Crippen molar-refractivity contribution in [3.63, 3.8) is 0 Å². The minimum Gasteiger partial charge on any atom is -0.228 e. The van der Waals surface area contributed by atoms with Gasteiger partial charge in [-0.15, -0.1) is 0 Å². The van der Waals surface area contributed by atoms with Gasteiger partial charge in [-0.1, -0.05) is 200 Å². The molecule has 0 bridgehead atoms. The molecular weight excluding hydrogens is 665 g/mol. The fraction of sp³-hybridized carbons (Fsp3) is 0.0189. The van der Waals surface area contributed by atoms with Crippen LogP contribution in [0, 0.1) is 0 Å². The predicted molar refractivity (Wildman–Crippen MR) is 227 cm³/mol. The first kappa shape index (κ1) is 32.5. The molecule has 0 aliphatic heterocycles. The smallest absolute Gasteiger partial charge is 0.161 e. The highest BCUT2D eigenvalue weighted by Gasteiger charge is 2.46. The largest absolute Gasteiger partial charge is 0.228 e. The van der Waals surface area contributed by atoms with Crippen molar-refractivity contribution in [1.29, 1.82) is 0 Å². The lowest BCUT2D eigenvalue weighted by atomic mass is 9.67. The van der Waals surface area contributed by atoms with Crippen LogP contribution in [0.2, 0.25) is 0 Å². The lowest BCUT2D eigenvalue weighted by Gasteiger charge is -2.33. The molecule has 258 valence electrons. The average molecular weight is 701 g/mol. The molecule has 55 heavy (non-hydrogen) atoms. The van der Waals surface area contributed by atoms with E-state index in [1.54, 1.807) is 0 Å². The summed E-state index contributed by atoms with van der Waals surface area (Å²) < 4.78 is 0. The quantitative estimate of drug-likeness (QED) is 0.165. The topological polar surface area (TPSA) is 25.8 Å². The predicted octanol–water partition coefficient (Wildman–Crippen LogP) is 13.2. The fourth-order valence-corrected chi connectivity index (χ4v) is 8.52. The Morgan fingerprint density at radius 3 is 1.24 bits per heavy atom. The van der Waals surface area contributed by atoms with Gasteiger partial charge in [-0.05, 0) is 73.8 Å². The van der Waals surface area contributed by atoms with E-state index in [0.29, 0.717) is 5.82 Å². The Morgan fingerprint density at radius 2 is 0.691 bits per heavy atom. The van der Waals surface area contributed by atoms with Gasteiger partial charge < -0.3 is 0 Å². The number of nitrogens with zero attached hydrogens (tertiary/aromatic N) is 2. The van der Waals surface area contributed by atoms with E-state index >= 15 is 0 Å². The van der Waals surface area contributed by atoms with Gasteiger partial charge in [-0.3, -0.25) is 0 Å². The van der Waals surface area contributed by atoms with E-state index in [1.165, 1.54) is 44.5 Å². The van der Waals surface area contributed by atoms with Crippen molar-refractivity contribution in [2.45, 2.75) is 5.41 Å². The molecule has 8 aromatic carbocycles. The zero-order valence-electron chi connectivity index (χ0n) is 30.2. The summed E-state index contributed by atoms with van der Waals surface area (Å²) in [7, 11) is 0. The van der Waals surface area contributed by atoms with E-state index in [1.807, 2.05) is 0 Å². The van der Waals surface area contributed by atoms with Crippen molar-refractivity contribution < 1.29 is 0 Å². The molecule has 1 aromatic heterocycles. The number of rotatable bonds is 7. The van der Waals surface area contributed by atoms with Crippen molar-refractivity contribution in [2.24, 2.45) is 0 Å². The van der Waals surface area contributed by atoms with Crippen LogP contribution in [0.15, 0.2) is 218 Å². The molecule has 1 aliphatic rings. The summed E-state index contributed by atoms with van der Waals surface area (Å²) in [6.45, 7) is 0. The van der Waals surface area contributed by atoms with E-state index in [9.17, 15) is 0 Å². The Morgan fingerprint density at radius 1 is 0.291 bits per heavy atom. The first-order valence-electron chi connectivity index (χ1n) is 18.8. The Bertz CT molecular complexity index is 2650. The van der Waals surface area contributed by atoms with Gasteiger partial charge in [0.25, 0.3) is 0 Å². The molecule has 0 unspecified atom stereocenters. The molecule has 2 heteroatoms. The Kier molecular flexibility index (Phi) is 8.08. The van der Waals surface area contributed by atoms with Gasteiger partial charge in [-0.25, -0.2) is 9.97 Å². The molecule has 0 radical (unpaired) electrons. The second-order valence-corrected chi connectivity index (χ2v) is 14.1. The third-order valence-corrected chi connectivity index (χ3v) is 11.0. The molecule has 0 amide bonds. The molecule has 0 fully saturated rings. The van der Waals surface area contributed by atoms with Gasteiger partial charge in [0.2, 0.25) is 0 Å². The summed E-state index contributed by atoms with van der Waals surface area (Å²) in [6, 6.07) is 78.0. The van der Waals surface area contributed by atoms with Gasteiger partial charge in [-0.2, -0.15) is 0 Å². The van der Waals surface area contributed by atoms with Crippen LogP contribution in [-0.4, -0.2) is 9.97 Å². The molecule has 0 N–H and O–H groups in total. The number of hydrogen-bond donors (Lipinski definition) is 0. The number of hydrogen-bond acceptors (Lipinski definition) is 2. The highest BCUT2D eigenvalue weighted by molar-refractivity contribution is 5.95. The Balaban J connectivity index is 1.23. The van der Waals surface area contributed by atoms with Gasteiger partial charge in [0.15, 0.2) is 5.82 Å². The van der Waals surface area contributed by atoms with Crippen LogP contribution in [0.1, 0.15) is 22.3 Å². The SMILES string of the molecule is c1ccc(-c2cccc(-c3cc(-c4cccc(-c5ccccc5)c4)nc(-c4cccc5c4-c4ccccc4C5(c4ccccc4)c4ccccc4)n3)c2)cc1. The number of fused-ring (bicyclic) bond motifs is 3. The van der Waals surface area contributed by atoms with Crippen molar-refractivity contribution >= 4 is 0 Å². The van der Waals surface area contributed by atoms with Crippen LogP contribution in [0.3, 0.4) is 0 Å². The first-order valence-corrected chi connectivity index (χ1v) is 18.8. The molecule has 0 saturated carbocycles. The van der Waals surface area contributed by atoms with Crippen molar-refractivity contribution in [2.75, 3.05) is 0 Å². The van der Waals surface area contributed by atoms with Gasteiger partial charge in [0.05, 0.1) is 16.8 Å². The Hall–Kier alpha value is -7.16. The van der Waals surface area contributed by atoms with Crippen LogP contribution >= 0.6 is 0 Å². The first-order chi connectivity index (χ1) is 27.3. The molecular formula is C53H36N2. The summed E-state index contributed by atoms with van der Waals surface area (Å²) in [5.41, 5.74) is 16.3. The number of benzene rings is 8.